The van der Waals surface area contributed by atoms with Gasteiger partial charge in [-0.15, -0.1) is 0 Å². The third-order valence-electron chi connectivity index (χ3n) is 4.61. The standard InChI is InChI=1S/C24H26N2O6S/c1-4-31-21-11-5-18(6-12-21)25-24(27)16-32-23-14-13-22(15-17(23)2)33(28,29)26-19-7-9-20(30-3)10-8-19/h5-15,26H,4,16H2,1-3H3,(H,25,27). The van der Waals surface area contributed by atoms with Gasteiger partial charge in [0.1, 0.15) is 17.2 Å². The van der Waals surface area contributed by atoms with E-state index in [1.165, 1.54) is 25.3 Å². The minimum absolute atomic E-state index is 0.0852. The van der Waals surface area contributed by atoms with Crippen molar-refractivity contribution in [3.8, 4) is 17.2 Å². The van der Waals surface area contributed by atoms with E-state index in [0.29, 0.717) is 35.0 Å². The van der Waals surface area contributed by atoms with Gasteiger partial charge in [-0.25, -0.2) is 8.42 Å². The lowest BCUT2D eigenvalue weighted by atomic mass is 10.2. The van der Waals surface area contributed by atoms with Gasteiger partial charge >= 0.3 is 0 Å². The van der Waals surface area contributed by atoms with Crippen molar-refractivity contribution < 1.29 is 27.4 Å². The summed E-state index contributed by atoms with van der Waals surface area (Å²) in [5, 5.41) is 2.74. The lowest BCUT2D eigenvalue weighted by Crippen LogP contribution is -2.20. The first-order valence-corrected chi connectivity index (χ1v) is 11.7. The molecule has 0 atom stereocenters. The first kappa shape index (κ1) is 23.9. The third-order valence-corrected chi connectivity index (χ3v) is 5.99. The quantitative estimate of drug-likeness (QED) is 0.460. The van der Waals surface area contributed by atoms with Gasteiger partial charge in [-0.3, -0.25) is 9.52 Å². The Balaban J connectivity index is 1.59. The van der Waals surface area contributed by atoms with Crippen molar-refractivity contribution in [1.29, 1.82) is 0 Å². The molecule has 0 saturated carbocycles. The average molecular weight is 471 g/mol. The van der Waals surface area contributed by atoms with E-state index >= 15 is 0 Å². The van der Waals surface area contributed by atoms with Crippen molar-refractivity contribution >= 4 is 27.3 Å². The van der Waals surface area contributed by atoms with Gasteiger partial charge in [-0.1, -0.05) is 0 Å². The molecule has 3 aromatic carbocycles. The highest BCUT2D eigenvalue weighted by Crippen LogP contribution is 2.24. The molecule has 0 unspecified atom stereocenters. The van der Waals surface area contributed by atoms with Gasteiger partial charge in [0.05, 0.1) is 18.6 Å². The highest BCUT2D eigenvalue weighted by atomic mass is 32.2. The Morgan fingerprint density at radius 3 is 2.12 bits per heavy atom. The maximum Gasteiger partial charge on any atom is 0.262 e. The van der Waals surface area contributed by atoms with Crippen LogP contribution in [0.3, 0.4) is 0 Å². The minimum Gasteiger partial charge on any atom is -0.497 e. The zero-order valence-electron chi connectivity index (χ0n) is 18.6. The topological polar surface area (TPSA) is 103 Å². The molecule has 3 rings (SSSR count). The average Bonchev–Trinajstić information content (AvgIpc) is 2.80. The third kappa shape index (κ3) is 6.63. The Bertz CT molecular complexity index is 1190. The molecule has 0 radical (unpaired) electrons. The number of rotatable bonds is 10. The summed E-state index contributed by atoms with van der Waals surface area (Å²) in [4.78, 5) is 12.3. The highest BCUT2D eigenvalue weighted by molar-refractivity contribution is 7.92. The molecule has 9 heteroatoms. The molecule has 0 aromatic heterocycles. The normalized spacial score (nSPS) is 10.9. The number of methoxy groups -OCH3 is 1. The number of amides is 1. The summed E-state index contributed by atoms with van der Waals surface area (Å²) in [7, 11) is -2.25. The molecule has 0 spiro atoms. The Morgan fingerprint density at radius 2 is 1.52 bits per heavy atom. The first-order valence-electron chi connectivity index (χ1n) is 10.2. The number of hydrogen-bond donors (Lipinski definition) is 2. The molecule has 1 amide bonds. The summed E-state index contributed by atoms with van der Waals surface area (Å²) >= 11 is 0. The molecule has 2 N–H and O–H groups in total. The van der Waals surface area contributed by atoms with Crippen LogP contribution in [0.1, 0.15) is 12.5 Å². The number of carbonyl (C=O) groups is 1. The van der Waals surface area contributed by atoms with Crippen LogP contribution in [0.4, 0.5) is 11.4 Å². The lowest BCUT2D eigenvalue weighted by molar-refractivity contribution is -0.118. The number of carbonyl (C=O) groups excluding carboxylic acids is 1. The number of anilines is 2. The lowest BCUT2D eigenvalue weighted by Gasteiger charge is -2.13. The predicted molar refractivity (Wildman–Crippen MR) is 127 cm³/mol. The van der Waals surface area contributed by atoms with E-state index in [2.05, 4.69) is 10.0 Å². The number of hydrogen-bond acceptors (Lipinski definition) is 6. The van der Waals surface area contributed by atoms with E-state index in [-0.39, 0.29) is 17.4 Å². The Labute approximate surface area is 193 Å². The monoisotopic (exact) mass is 470 g/mol. The predicted octanol–water partition coefficient (Wildman–Crippen LogP) is 4.22. The number of benzene rings is 3. The van der Waals surface area contributed by atoms with Gasteiger partial charge < -0.3 is 19.5 Å². The highest BCUT2D eigenvalue weighted by Gasteiger charge is 2.16. The fraction of sp³-hybridized carbons (Fsp3) is 0.208. The van der Waals surface area contributed by atoms with Crippen LogP contribution in [0.25, 0.3) is 0 Å². The maximum atomic E-state index is 12.7. The van der Waals surface area contributed by atoms with Crippen LogP contribution in [0.15, 0.2) is 71.6 Å². The number of nitrogens with one attached hydrogen (secondary N) is 2. The van der Waals surface area contributed by atoms with Crippen LogP contribution in [0.5, 0.6) is 17.2 Å². The Hall–Kier alpha value is -3.72. The second-order valence-electron chi connectivity index (χ2n) is 7.06. The fourth-order valence-electron chi connectivity index (χ4n) is 2.97. The Kier molecular flexibility index (Phi) is 7.78. The number of sulfonamides is 1. The summed E-state index contributed by atoms with van der Waals surface area (Å²) in [6, 6.07) is 18.0. The zero-order valence-corrected chi connectivity index (χ0v) is 19.4. The van der Waals surface area contributed by atoms with Gasteiger partial charge in [0.2, 0.25) is 0 Å². The van der Waals surface area contributed by atoms with Crippen molar-refractivity contribution in [2.45, 2.75) is 18.7 Å². The number of ether oxygens (including phenoxy) is 3. The Morgan fingerprint density at radius 1 is 0.879 bits per heavy atom. The largest absolute Gasteiger partial charge is 0.497 e. The summed E-state index contributed by atoms with van der Waals surface area (Å²) in [5.41, 5.74) is 1.62. The van der Waals surface area contributed by atoms with Crippen molar-refractivity contribution in [2.24, 2.45) is 0 Å². The molecule has 0 aliphatic carbocycles. The molecular formula is C24H26N2O6S. The van der Waals surface area contributed by atoms with E-state index in [1.807, 2.05) is 6.92 Å². The van der Waals surface area contributed by atoms with E-state index < -0.39 is 10.0 Å². The van der Waals surface area contributed by atoms with E-state index in [1.54, 1.807) is 55.5 Å². The maximum absolute atomic E-state index is 12.7. The molecule has 0 fully saturated rings. The molecule has 0 aliphatic rings. The summed E-state index contributed by atoms with van der Waals surface area (Å²) in [6.07, 6.45) is 0. The van der Waals surface area contributed by atoms with Crippen molar-refractivity contribution in [3.63, 3.8) is 0 Å². The molecule has 8 nitrogen and oxygen atoms in total. The smallest absolute Gasteiger partial charge is 0.262 e. The second kappa shape index (κ2) is 10.7. The van der Waals surface area contributed by atoms with Crippen LogP contribution in [0.2, 0.25) is 0 Å². The second-order valence-corrected chi connectivity index (χ2v) is 8.74. The van der Waals surface area contributed by atoms with Crippen molar-refractivity contribution in [3.05, 3.63) is 72.3 Å². The number of aryl methyl sites for hydroxylation is 1. The molecule has 174 valence electrons. The van der Waals surface area contributed by atoms with Gasteiger partial charge in [-0.2, -0.15) is 0 Å². The minimum atomic E-state index is -3.79. The van der Waals surface area contributed by atoms with Crippen molar-refractivity contribution in [2.75, 3.05) is 30.4 Å². The van der Waals surface area contributed by atoms with E-state index in [4.69, 9.17) is 14.2 Å². The van der Waals surface area contributed by atoms with Gasteiger partial charge in [0, 0.05) is 11.4 Å². The summed E-state index contributed by atoms with van der Waals surface area (Å²) < 4.78 is 43.9. The van der Waals surface area contributed by atoms with Crippen LogP contribution < -0.4 is 24.2 Å². The zero-order chi connectivity index (χ0) is 23.8. The van der Waals surface area contributed by atoms with Crippen LogP contribution in [0, 0.1) is 6.92 Å². The molecule has 3 aromatic rings. The van der Waals surface area contributed by atoms with E-state index in [9.17, 15) is 13.2 Å². The summed E-state index contributed by atoms with van der Waals surface area (Å²) in [5.74, 6) is 1.43. The molecule has 0 bridgehead atoms. The van der Waals surface area contributed by atoms with Gasteiger partial charge in [0.15, 0.2) is 6.61 Å². The van der Waals surface area contributed by atoms with Gasteiger partial charge in [-0.05, 0) is 86.1 Å². The van der Waals surface area contributed by atoms with Crippen molar-refractivity contribution in [1.82, 2.24) is 0 Å². The van der Waals surface area contributed by atoms with E-state index in [0.717, 1.165) is 5.75 Å². The van der Waals surface area contributed by atoms with Crippen LogP contribution >= 0.6 is 0 Å². The van der Waals surface area contributed by atoms with Gasteiger partial charge in [0.25, 0.3) is 15.9 Å². The molecule has 0 aliphatic heterocycles. The van der Waals surface area contributed by atoms with Crippen LogP contribution in [-0.4, -0.2) is 34.6 Å². The molecular weight excluding hydrogens is 444 g/mol. The SMILES string of the molecule is CCOc1ccc(NC(=O)COc2ccc(S(=O)(=O)Nc3ccc(OC)cc3)cc2C)cc1. The molecule has 33 heavy (non-hydrogen) atoms. The summed E-state index contributed by atoms with van der Waals surface area (Å²) in [6.45, 7) is 3.96. The van der Waals surface area contributed by atoms with Crippen LogP contribution in [-0.2, 0) is 14.8 Å². The first-order chi connectivity index (χ1) is 15.8. The molecule has 0 heterocycles. The molecule has 0 saturated heterocycles. The fourth-order valence-corrected chi connectivity index (χ4v) is 4.11.